The van der Waals surface area contributed by atoms with Crippen LogP contribution in [-0.4, -0.2) is 18.6 Å². The fourth-order valence-corrected chi connectivity index (χ4v) is 5.26. The second-order valence-electron chi connectivity index (χ2n) is 8.31. The van der Waals surface area contributed by atoms with E-state index in [-0.39, 0.29) is 12.1 Å². The maximum atomic E-state index is 12.7. The molecule has 2 bridgehead atoms. The van der Waals surface area contributed by atoms with Gasteiger partial charge in [0.1, 0.15) is 0 Å². The number of nitrogens with one attached hydrogen (secondary N) is 3. The van der Waals surface area contributed by atoms with Gasteiger partial charge in [0.05, 0.1) is 0 Å². The van der Waals surface area contributed by atoms with E-state index in [1.807, 2.05) is 6.07 Å². The molecule has 2 unspecified atom stereocenters. The number of carbonyl (C=O) groups excluding carboxylic acids is 1. The van der Waals surface area contributed by atoms with Crippen LogP contribution in [-0.2, 0) is 25.8 Å². The number of benzene rings is 2. The largest absolute Gasteiger partial charge is 0.335 e. The molecule has 3 aliphatic rings. The number of rotatable bonds is 2. The van der Waals surface area contributed by atoms with Crippen LogP contribution in [0.3, 0.4) is 0 Å². The lowest BCUT2D eigenvalue weighted by Gasteiger charge is -2.24. The summed E-state index contributed by atoms with van der Waals surface area (Å²) in [5.74, 6) is 1.11. The molecular weight excluding hydrogens is 334 g/mol. The molecule has 0 saturated heterocycles. The molecule has 2 aliphatic carbocycles. The zero-order valence-electron chi connectivity index (χ0n) is 15.6. The minimum Gasteiger partial charge on any atom is -0.335 e. The van der Waals surface area contributed by atoms with Crippen molar-refractivity contribution in [3.8, 4) is 0 Å². The molecule has 140 valence electrons. The number of hydrogen-bond acceptors (Lipinski definition) is 2. The summed E-state index contributed by atoms with van der Waals surface area (Å²) in [7, 11) is 0. The van der Waals surface area contributed by atoms with Gasteiger partial charge in [-0.1, -0.05) is 30.3 Å². The Morgan fingerprint density at radius 1 is 0.926 bits per heavy atom. The van der Waals surface area contributed by atoms with Crippen molar-refractivity contribution in [3.63, 3.8) is 0 Å². The fraction of sp³-hybridized carbons (Fsp3) is 0.435. The topological polar surface area (TPSA) is 53.2 Å². The third-order valence-electron chi connectivity index (χ3n) is 6.66. The summed E-state index contributed by atoms with van der Waals surface area (Å²) in [5.41, 5.74) is 6.51. The highest BCUT2D eigenvalue weighted by Gasteiger charge is 2.39. The monoisotopic (exact) mass is 361 g/mol. The van der Waals surface area contributed by atoms with Gasteiger partial charge in [0.2, 0.25) is 0 Å². The molecule has 1 saturated carbocycles. The molecule has 4 nitrogen and oxygen atoms in total. The molecular formula is C23H27N3O. The third-order valence-corrected chi connectivity index (χ3v) is 6.66. The quantitative estimate of drug-likeness (QED) is 0.765. The van der Waals surface area contributed by atoms with Crippen molar-refractivity contribution in [2.45, 2.75) is 44.7 Å². The van der Waals surface area contributed by atoms with E-state index in [2.05, 4.69) is 52.3 Å². The molecule has 2 aromatic rings. The predicted molar refractivity (Wildman–Crippen MR) is 108 cm³/mol. The molecule has 1 aliphatic heterocycles. The summed E-state index contributed by atoms with van der Waals surface area (Å²) < 4.78 is 0. The first-order valence-corrected chi connectivity index (χ1v) is 10.2. The Kier molecular flexibility index (Phi) is 4.36. The molecule has 0 radical (unpaired) electrons. The van der Waals surface area contributed by atoms with Crippen LogP contribution in [0.4, 0.5) is 10.5 Å². The average Bonchev–Trinajstić information content (AvgIpc) is 2.95. The van der Waals surface area contributed by atoms with E-state index in [0.29, 0.717) is 11.8 Å². The molecule has 1 fully saturated rings. The van der Waals surface area contributed by atoms with Gasteiger partial charge in [-0.25, -0.2) is 4.79 Å². The van der Waals surface area contributed by atoms with Gasteiger partial charge in [-0.05, 0) is 84.9 Å². The molecule has 27 heavy (non-hydrogen) atoms. The van der Waals surface area contributed by atoms with E-state index in [9.17, 15) is 4.79 Å². The molecule has 2 aromatic carbocycles. The van der Waals surface area contributed by atoms with Gasteiger partial charge >= 0.3 is 6.03 Å². The zero-order valence-corrected chi connectivity index (χ0v) is 15.6. The Morgan fingerprint density at radius 2 is 1.67 bits per heavy atom. The summed E-state index contributed by atoms with van der Waals surface area (Å²) in [6, 6.07) is 15.3. The highest BCUT2D eigenvalue weighted by molar-refractivity contribution is 5.89. The van der Waals surface area contributed by atoms with E-state index in [1.54, 1.807) is 0 Å². The number of urea groups is 1. The Hall–Kier alpha value is -2.33. The zero-order chi connectivity index (χ0) is 18.2. The van der Waals surface area contributed by atoms with E-state index >= 15 is 0 Å². The van der Waals surface area contributed by atoms with Crippen molar-refractivity contribution >= 4 is 11.7 Å². The van der Waals surface area contributed by atoms with Crippen molar-refractivity contribution in [1.82, 2.24) is 10.6 Å². The van der Waals surface area contributed by atoms with Crippen molar-refractivity contribution in [3.05, 3.63) is 64.7 Å². The summed E-state index contributed by atoms with van der Waals surface area (Å²) in [6.45, 7) is 1.92. The normalized spacial score (nSPS) is 25.9. The summed E-state index contributed by atoms with van der Waals surface area (Å²) in [5, 5.41) is 9.78. The predicted octanol–water partition coefficient (Wildman–Crippen LogP) is 3.65. The van der Waals surface area contributed by atoms with Crippen LogP contribution in [0.2, 0.25) is 0 Å². The minimum atomic E-state index is -0.0634. The van der Waals surface area contributed by atoms with Crippen LogP contribution in [0.5, 0.6) is 0 Å². The van der Waals surface area contributed by atoms with Crippen molar-refractivity contribution in [2.24, 2.45) is 11.8 Å². The Bertz CT molecular complexity index is 829. The molecule has 2 atom stereocenters. The van der Waals surface area contributed by atoms with E-state index in [0.717, 1.165) is 38.0 Å². The fourth-order valence-electron chi connectivity index (χ4n) is 5.26. The number of fused-ring (bicyclic) bond motifs is 4. The number of hydrogen-bond donors (Lipinski definition) is 3. The molecule has 3 N–H and O–H groups in total. The van der Waals surface area contributed by atoms with Gasteiger partial charge in [-0.2, -0.15) is 0 Å². The van der Waals surface area contributed by atoms with Gasteiger partial charge < -0.3 is 16.0 Å². The first-order chi connectivity index (χ1) is 13.3. The molecule has 1 heterocycles. The molecule has 2 amide bonds. The highest BCUT2D eigenvalue weighted by atomic mass is 16.2. The number of anilines is 1. The summed E-state index contributed by atoms with van der Waals surface area (Å²) in [4.78, 5) is 12.7. The minimum absolute atomic E-state index is 0.0634. The van der Waals surface area contributed by atoms with Gasteiger partial charge in [-0.15, -0.1) is 0 Å². The average molecular weight is 361 g/mol. The van der Waals surface area contributed by atoms with Crippen LogP contribution < -0.4 is 16.0 Å². The maximum absolute atomic E-state index is 12.7. The van der Waals surface area contributed by atoms with Gasteiger partial charge in [0.25, 0.3) is 0 Å². The van der Waals surface area contributed by atoms with Crippen molar-refractivity contribution in [1.29, 1.82) is 0 Å². The SMILES string of the molecule is O=C(Nc1ccc2c(c1)CNCC2)NC1C2CCC1Cc1ccccc1C2. The van der Waals surface area contributed by atoms with E-state index < -0.39 is 0 Å². The number of carbonyl (C=O) groups is 1. The summed E-state index contributed by atoms with van der Waals surface area (Å²) >= 11 is 0. The van der Waals surface area contributed by atoms with E-state index in [1.165, 1.54) is 35.1 Å². The van der Waals surface area contributed by atoms with Gasteiger partial charge in [0.15, 0.2) is 0 Å². The van der Waals surface area contributed by atoms with Crippen LogP contribution in [0.15, 0.2) is 42.5 Å². The molecule has 4 heteroatoms. The summed E-state index contributed by atoms with van der Waals surface area (Å²) in [6.07, 6.45) is 5.67. The molecule has 0 spiro atoms. The highest BCUT2D eigenvalue weighted by Crippen LogP contribution is 2.40. The molecule has 5 rings (SSSR count). The van der Waals surface area contributed by atoms with Gasteiger partial charge in [0, 0.05) is 18.3 Å². The second kappa shape index (κ2) is 7.01. The number of amides is 2. The van der Waals surface area contributed by atoms with Gasteiger partial charge in [-0.3, -0.25) is 0 Å². The third kappa shape index (κ3) is 3.34. The Morgan fingerprint density at radius 3 is 2.41 bits per heavy atom. The Labute approximate surface area is 160 Å². The first-order valence-electron chi connectivity index (χ1n) is 10.2. The standard InChI is InChI=1S/C23H27N3O/c27-23(25-21-8-7-15-9-10-24-14-20(15)13-21)26-22-18-5-6-19(22)12-17-4-2-1-3-16(17)11-18/h1-4,7-8,13,18-19,22,24H,5-6,9-12,14H2,(H2,25,26,27). The van der Waals surface area contributed by atoms with Crippen LogP contribution in [0.25, 0.3) is 0 Å². The van der Waals surface area contributed by atoms with Crippen molar-refractivity contribution in [2.75, 3.05) is 11.9 Å². The lowest BCUT2D eigenvalue weighted by atomic mass is 9.94. The van der Waals surface area contributed by atoms with Crippen LogP contribution in [0, 0.1) is 11.8 Å². The lowest BCUT2D eigenvalue weighted by molar-refractivity contribution is 0.240. The Balaban J connectivity index is 1.27. The van der Waals surface area contributed by atoms with Crippen LogP contribution >= 0.6 is 0 Å². The maximum Gasteiger partial charge on any atom is 0.319 e. The van der Waals surface area contributed by atoms with Crippen molar-refractivity contribution < 1.29 is 4.79 Å². The van der Waals surface area contributed by atoms with E-state index in [4.69, 9.17) is 0 Å². The smallest absolute Gasteiger partial charge is 0.319 e. The molecule has 0 aromatic heterocycles. The lowest BCUT2D eigenvalue weighted by Crippen LogP contribution is -2.44. The van der Waals surface area contributed by atoms with Crippen LogP contribution in [0.1, 0.15) is 35.1 Å². The first kappa shape index (κ1) is 16.8. The second-order valence-corrected chi connectivity index (χ2v) is 8.31.